The predicted molar refractivity (Wildman–Crippen MR) is 76.4 cm³/mol. The topological polar surface area (TPSA) is 92.4 Å². The summed E-state index contributed by atoms with van der Waals surface area (Å²) in [7, 11) is -3.59. The number of rotatable bonds is 6. The SMILES string of the molecule is CCC(CCO)NS(=O)(=O)c1c(C)cc(N)cc1C. The minimum atomic E-state index is -3.59. The zero-order valence-corrected chi connectivity index (χ0v) is 12.4. The van der Waals surface area contributed by atoms with Crippen LogP contribution in [0, 0.1) is 13.8 Å². The summed E-state index contributed by atoms with van der Waals surface area (Å²) in [4.78, 5) is 0.276. The van der Waals surface area contributed by atoms with Gasteiger partial charge in [-0.15, -0.1) is 0 Å². The Morgan fingerprint density at radius 1 is 1.32 bits per heavy atom. The van der Waals surface area contributed by atoms with Gasteiger partial charge in [-0.1, -0.05) is 6.92 Å². The third-order valence-electron chi connectivity index (χ3n) is 3.04. The average Bonchev–Trinajstić information content (AvgIpc) is 2.25. The van der Waals surface area contributed by atoms with E-state index >= 15 is 0 Å². The fourth-order valence-electron chi connectivity index (χ4n) is 2.19. The van der Waals surface area contributed by atoms with Crippen LogP contribution in [0.3, 0.4) is 0 Å². The first-order chi connectivity index (χ1) is 8.81. The van der Waals surface area contributed by atoms with E-state index in [-0.39, 0.29) is 17.5 Å². The van der Waals surface area contributed by atoms with Crippen molar-refractivity contribution in [1.29, 1.82) is 0 Å². The van der Waals surface area contributed by atoms with Gasteiger partial charge in [-0.2, -0.15) is 0 Å². The number of nitrogens with one attached hydrogen (secondary N) is 1. The number of sulfonamides is 1. The Balaban J connectivity index is 3.14. The quantitative estimate of drug-likeness (QED) is 0.688. The summed E-state index contributed by atoms with van der Waals surface area (Å²) in [5, 5.41) is 8.93. The van der Waals surface area contributed by atoms with Gasteiger partial charge in [0.25, 0.3) is 0 Å². The molecule has 1 aromatic rings. The Morgan fingerprint density at radius 2 is 1.84 bits per heavy atom. The Bertz CT molecular complexity index is 518. The van der Waals surface area contributed by atoms with Gasteiger partial charge in [-0.25, -0.2) is 13.1 Å². The molecule has 108 valence electrons. The standard InChI is InChI=1S/C13H22N2O3S/c1-4-12(5-6-16)15-19(17,18)13-9(2)7-11(14)8-10(13)3/h7-8,12,15-16H,4-6,14H2,1-3H3. The molecule has 1 aromatic carbocycles. The molecule has 0 fully saturated rings. The van der Waals surface area contributed by atoms with Crippen LogP contribution in [-0.4, -0.2) is 26.2 Å². The molecule has 0 saturated heterocycles. The van der Waals surface area contributed by atoms with Gasteiger partial charge in [-0.3, -0.25) is 0 Å². The number of nitrogens with two attached hydrogens (primary N) is 1. The number of aliphatic hydroxyl groups is 1. The van der Waals surface area contributed by atoms with Crippen molar-refractivity contribution >= 4 is 15.7 Å². The third-order valence-corrected chi connectivity index (χ3v) is 4.87. The average molecular weight is 286 g/mol. The molecule has 0 aliphatic carbocycles. The van der Waals surface area contributed by atoms with Crippen LogP contribution in [-0.2, 0) is 10.0 Å². The first kappa shape index (κ1) is 15.9. The van der Waals surface area contributed by atoms with E-state index in [0.717, 1.165) is 0 Å². The first-order valence-corrected chi connectivity index (χ1v) is 7.80. The monoisotopic (exact) mass is 286 g/mol. The van der Waals surface area contributed by atoms with E-state index in [4.69, 9.17) is 10.8 Å². The zero-order valence-electron chi connectivity index (χ0n) is 11.6. The van der Waals surface area contributed by atoms with Crippen molar-refractivity contribution in [2.24, 2.45) is 0 Å². The van der Waals surface area contributed by atoms with Crippen LogP contribution in [0.25, 0.3) is 0 Å². The van der Waals surface area contributed by atoms with E-state index < -0.39 is 10.0 Å². The van der Waals surface area contributed by atoms with Gasteiger partial charge >= 0.3 is 0 Å². The van der Waals surface area contributed by atoms with Crippen molar-refractivity contribution in [1.82, 2.24) is 4.72 Å². The van der Waals surface area contributed by atoms with Gasteiger partial charge in [0.15, 0.2) is 0 Å². The number of aryl methyl sites for hydroxylation is 2. The molecular weight excluding hydrogens is 264 g/mol. The summed E-state index contributed by atoms with van der Waals surface area (Å²) in [6.07, 6.45) is 1.04. The van der Waals surface area contributed by atoms with Crippen LogP contribution in [0.1, 0.15) is 30.9 Å². The van der Waals surface area contributed by atoms with Crippen LogP contribution >= 0.6 is 0 Å². The zero-order chi connectivity index (χ0) is 14.6. The van der Waals surface area contributed by atoms with Gasteiger partial charge in [0.2, 0.25) is 10.0 Å². The van der Waals surface area contributed by atoms with Crippen molar-refractivity contribution in [2.75, 3.05) is 12.3 Å². The molecule has 4 N–H and O–H groups in total. The maximum atomic E-state index is 12.4. The fraction of sp³-hybridized carbons (Fsp3) is 0.538. The molecule has 5 nitrogen and oxygen atoms in total. The molecule has 0 saturated carbocycles. The smallest absolute Gasteiger partial charge is 0.241 e. The fourth-order valence-corrected chi connectivity index (χ4v) is 4.00. The highest BCUT2D eigenvalue weighted by Crippen LogP contribution is 2.23. The van der Waals surface area contributed by atoms with E-state index in [1.807, 2.05) is 6.92 Å². The van der Waals surface area contributed by atoms with E-state index in [0.29, 0.717) is 29.7 Å². The molecule has 1 rings (SSSR count). The summed E-state index contributed by atoms with van der Waals surface area (Å²) in [6.45, 7) is 5.29. The normalized spacial score (nSPS) is 13.5. The molecule has 0 radical (unpaired) electrons. The Labute approximate surface area is 114 Å². The van der Waals surface area contributed by atoms with Crippen LogP contribution in [0.2, 0.25) is 0 Å². The molecule has 6 heteroatoms. The number of hydrogen-bond donors (Lipinski definition) is 3. The van der Waals surface area contributed by atoms with Crippen molar-refractivity contribution < 1.29 is 13.5 Å². The lowest BCUT2D eigenvalue weighted by atomic mass is 10.1. The molecule has 0 aliphatic rings. The van der Waals surface area contributed by atoms with Crippen molar-refractivity contribution in [2.45, 2.75) is 44.6 Å². The number of aliphatic hydroxyl groups excluding tert-OH is 1. The molecule has 0 bridgehead atoms. The van der Waals surface area contributed by atoms with Crippen molar-refractivity contribution in [3.63, 3.8) is 0 Å². The lowest BCUT2D eigenvalue weighted by Crippen LogP contribution is -2.35. The van der Waals surface area contributed by atoms with Crippen molar-refractivity contribution in [3.8, 4) is 0 Å². The molecule has 0 aliphatic heterocycles. The lowest BCUT2D eigenvalue weighted by molar-refractivity contribution is 0.270. The molecule has 0 spiro atoms. The van der Waals surface area contributed by atoms with Crippen LogP contribution in [0.5, 0.6) is 0 Å². The van der Waals surface area contributed by atoms with Gasteiger partial charge in [-0.05, 0) is 49.9 Å². The summed E-state index contributed by atoms with van der Waals surface area (Å²) >= 11 is 0. The Kier molecular flexibility index (Phi) is 5.34. The van der Waals surface area contributed by atoms with Crippen LogP contribution < -0.4 is 10.5 Å². The maximum absolute atomic E-state index is 12.4. The second kappa shape index (κ2) is 6.36. The van der Waals surface area contributed by atoms with E-state index in [2.05, 4.69) is 4.72 Å². The highest BCUT2D eigenvalue weighted by molar-refractivity contribution is 7.89. The number of nitrogen functional groups attached to an aromatic ring is 1. The number of benzene rings is 1. The van der Waals surface area contributed by atoms with Gasteiger partial charge in [0, 0.05) is 18.3 Å². The lowest BCUT2D eigenvalue weighted by Gasteiger charge is -2.18. The van der Waals surface area contributed by atoms with Gasteiger partial charge in [0.05, 0.1) is 4.90 Å². The minimum Gasteiger partial charge on any atom is -0.399 e. The molecule has 1 unspecified atom stereocenters. The maximum Gasteiger partial charge on any atom is 0.241 e. The summed E-state index contributed by atoms with van der Waals surface area (Å²) in [5.41, 5.74) is 7.51. The van der Waals surface area contributed by atoms with Crippen molar-refractivity contribution in [3.05, 3.63) is 23.3 Å². The van der Waals surface area contributed by atoms with E-state index in [1.165, 1.54) is 0 Å². The second-order valence-electron chi connectivity index (χ2n) is 4.72. The largest absolute Gasteiger partial charge is 0.399 e. The van der Waals surface area contributed by atoms with Gasteiger partial charge < -0.3 is 10.8 Å². The molecular formula is C13H22N2O3S. The molecule has 1 atom stereocenters. The number of anilines is 1. The molecule has 0 aromatic heterocycles. The Hall–Kier alpha value is -1.11. The first-order valence-electron chi connectivity index (χ1n) is 6.31. The summed E-state index contributed by atoms with van der Waals surface area (Å²) in [6, 6.07) is 3.04. The predicted octanol–water partition coefficient (Wildman–Crippen LogP) is 1.32. The summed E-state index contributed by atoms with van der Waals surface area (Å²) in [5.74, 6) is 0. The third kappa shape index (κ3) is 3.92. The second-order valence-corrected chi connectivity index (χ2v) is 6.37. The highest BCUT2D eigenvalue weighted by atomic mass is 32.2. The highest BCUT2D eigenvalue weighted by Gasteiger charge is 2.22. The van der Waals surface area contributed by atoms with Gasteiger partial charge in [0.1, 0.15) is 0 Å². The Morgan fingerprint density at radius 3 is 2.26 bits per heavy atom. The molecule has 0 heterocycles. The molecule has 19 heavy (non-hydrogen) atoms. The van der Waals surface area contributed by atoms with E-state index in [1.54, 1.807) is 26.0 Å². The summed E-state index contributed by atoms with van der Waals surface area (Å²) < 4.78 is 27.4. The van der Waals surface area contributed by atoms with Crippen LogP contribution in [0.15, 0.2) is 17.0 Å². The number of hydrogen-bond acceptors (Lipinski definition) is 4. The van der Waals surface area contributed by atoms with E-state index in [9.17, 15) is 8.42 Å². The van der Waals surface area contributed by atoms with Crippen LogP contribution in [0.4, 0.5) is 5.69 Å². The molecule has 0 amide bonds. The minimum absolute atomic E-state index is 0.0409.